The molecule has 1 fully saturated rings. The Morgan fingerprint density at radius 1 is 1.56 bits per heavy atom. The van der Waals surface area contributed by atoms with Crippen molar-refractivity contribution >= 4 is 17.9 Å². The number of rotatable bonds is 6. The number of hydrogen-bond acceptors (Lipinski definition) is 4. The van der Waals surface area contributed by atoms with Gasteiger partial charge in [-0.3, -0.25) is 14.6 Å². The van der Waals surface area contributed by atoms with Crippen LogP contribution in [0.25, 0.3) is 0 Å². The smallest absolute Gasteiger partial charge is 0.253 e. The van der Waals surface area contributed by atoms with Crippen molar-refractivity contribution in [2.75, 3.05) is 19.6 Å². The van der Waals surface area contributed by atoms with Gasteiger partial charge < -0.3 is 10.6 Å². The highest BCUT2D eigenvalue weighted by Gasteiger charge is 2.17. The number of carbonyl (C=O) groups is 2. The van der Waals surface area contributed by atoms with E-state index in [-0.39, 0.29) is 24.3 Å². The van der Waals surface area contributed by atoms with Crippen LogP contribution in [0, 0.1) is 0 Å². The van der Waals surface area contributed by atoms with Crippen molar-refractivity contribution in [2.45, 2.75) is 19.4 Å². The largest absolute Gasteiger partial charge is 0.348 e. The fourth-order valence-electron chi connectivity index (χ4n) is 1.62. The summed E-state index contributed by atoms with van der Waals surface area (Å²) in [6, 6.07) is 0.159. The van der Waals surface area contributed by atoms with E-state index in [0.717, 1.165) is 19.5 Å². The molecule has 0 spiro atoms. The Hall–Kier alpha value is -1.75. The summed E-state index contributed by atoms with van der Waals surface area (Å²) < 4.78 is 0. The van der Waals surface area contributed by atoms with Gasteiger partial charge in [-0.1, -0.05) is 12.7 Å². The number of allylic oxidation sites excluding steroid dienone is 2. The normalized spacial score (nSPS) is 20.1. The zero-order valence-electron chi connectivity index (χ0n) is 10.6. The summed E-state index contributed by atoms with van der Waals surface area (Å²) in [5.74, 6) is -0.222. The molecule has 0 aliphatic carbocycles. The lowest BCUT2D eigenvalue weighted by Gasteiger charge is -2.11. The molecule has 2 N–H and O–H groups in total. The van der Waals surface area contributed by atoms with Crippen LogP contribution in [0.15, 0.2) is 29.3 Å². The van der Waals surface area contributed by atoms with E-state index >= 15 is 0 Å². The first-order valence-electron chi connectivity index (χ1n) is 5.97. The predicted molar refractivity (Wildman–Crippen MR) is 71.7 cm³/mol. The van der Waals surface area contributed by atoms with Crippen LogP contribution in [-0.4, -0.2) is 43.6 Å². The van der Waals surface area contributed by atoms with Crippen LogP contribution in [0.5, 0.6) is 0 Å². The minimum absolute atomic E-state index is 0.0374. The molecular weight excluding hydrogens is 230 g/mol. The highest BCUT2D eigenvalue weighted by atomic mass is 16.1. The molecule has 0 bridgehead atoms. The van der Waals surface area contributed by atoms with Crippen LogP contribution in [0.1, 0.15) is 13.3 Å². The number of nitrogens with one attached hydrogen (secondary N) is 2. The van der Waals surface area contributed by atoms with Crippen molar-refractivity contribution in [2.24, 2.45) is 4.99 Å². The van der Waals surface area contributed by atoms with Crippen molar-refractivity contribution in [1.29, 1.82) is 0 Å². The van der Waals surface area contributed by atoms with E-state index in [9.17, 15) is 9.59 Å². The topological polar surface area (TPSA) is 70.6 Å². The monoisotopic (exact) mass is 249 g/mol. The zero-order chi connectivity index (χ0) is 13.4. The first-order chi connectivity index (χ1) is 8.63. The maximum absolute atomic E-state index is 11.9. The number of aliphatic imine (C=N–C) groups is 1. The van der Waals surface area contributed by atoms with Crippen LogP contribution in [0.2, 0.25) is 0 Å². The lowest BCUT2D eigenvalue weighted by atomic mass is 10.2. The predicted octanol–water partition coefficient (Wildman–Crippen LogP) is 0.237. The second kappa shape index (κ2) is 7.55. The fourth-order valence-corrected chi connectivity index (χ4v) is 1.62. The zero-order valence-corrected chi connectivity index (χ0v) is 10.6. The molecule has 0 aromatic heterocycles. The van der Waals surface area contributed by atoms with Gasteiger partial charge in [0.2, 0.25) is 0 Å². The molecule has 0 saturated carbocycles. The Labute approximate surface area is 107 Å². The Bertz CT molecular complexity index is 380. The molecule has 1 unspecified atom stereocenters. The molecule has 1 aliphatic heterocycles. The third-order valence-electron chi connectivity index (χ3n) is 2.50. The molecule has 98 valence electrons. The van der Waals surface area contributed by atoms with Gasteiger partial charge in [-0.15, -0.1) is 0 Å². The van der Waals surface area contributed by atoms with Gasteiger partial charge in [0, 0.05) is 18.8 Å². The number of nitrogens with zero attached hydrogens (tertiary/aromatic N) is 1. The summed E-state index contributed by atoms with van der Waals surface area (Å²) in [6.07, 6.45) is 5.46. The van der Waals surface area contributed by atoms with E-state index in [1.54, 1.807) is 6.08 Å². The summed E-state index contributed by atoms with van der Waals surface area (Å²) in [5, 5.41) is 6.08. The van der Waals surface area contributed by atoms with Crippen LogP contribution >= 0.6 is 0 Å². The average molecular weight is 249 g/mol. The van der Waals surface area contributed by atoms with Gasteiger partial charge in [-0.25, -0.2) is 0 Å². The average Bonchev–Trinajstić information content (AvgIpc) is 2.80. The molecule has 5 heteroatoms. The number of carbonyl (C=O) groups excluding carboxylic acids is 2. The maximum atomic E-state index is 11.9. The SMILES string of the molecule is C=C/C=C(\C=NCC(C)=O)C(=O)NC1CCNC1. The van der Waals surface area contributed by atoms with E-state index in [0.29, 0.717) is 5.57 Å². The summed E-state index contributed by atoms with van der Waals surface area (Å²) in [5.41, 5.74) is 0.415. The molecule has 1 heterocycles. The van der Waals surface area contributed by atoms with Gasteiger partial charge in [0.25, 0.3) is 5.91 Å². The summed E-state index contributed by atoms with van der Waals surface area (Å²) in [4.78, 5) is 26.6. The van der Waals surface area contributed by atoms with E-state index in [2.05, 4.69) is 22.2 Å². The minimum Gasteiger partial charge on any atom is -0.348 e. The highest BCUT2D eigenvalue weighted by molar-refractivity contribution is 6.12. The van der Waals surface area contributed by atoms with Gasteiger partial charge in [-0.2, -0.15) is 0 Å². The van der Waals surface area contributed by atoms with Gasteiger partial charge in [0.1, 0.15) is 0 Å². The van der Waals surface area contributed by atoms with Crippen molar-refractivity contribution < 1.29 is 9.59 Å². The van der Waals surface area contributed by atoms with E-state index in [1.807, 2.05) is 0 Å². The minimum atomic E-state index is -0.184. The van der Waals surface area contributed by atoms with Crippen molar-refractivity contribution in [1.82, 2.24) is 10.6 Å². The highest BCUT2D eigenvalue weighted by Crippen LogP contribution is 2.00. The molecular formula is C13H19N3O2. The number of ketones is 1. The number of Topliss-reactive ketones (excluding diaryl/α,β-unsaturated/α-hetero) is 1. The lowest BCUT2D eigenvalue weighted by molar-refractivity contribution is -0.118. The van der Waals surface area contributed by atoms with E-state index < -0.39 is 0 Å². The molecule has 18 heavy (non-hydrogen) atoms. The van der Waals surface area contributed by atoms with Crippen LogP contribution in [-0.2, 0) is 9.59 Å². The fraction of sp³-hybridized carbons (Fsp3) is 0.462. The third-order valence-corrected chi connectivity index (χ3v) is 2.50. The van der Waals surface area contributed by atoms with Gasteiger partial charge >= 0.3 is 0 Å². The molecule has 0 aromatic carbocycles. The molecule has 1 saturated heterocycles. The third kappa shape index (κ3) is 5.05. The van der Waals surface area contributed by atoms with Gasteiger partial charge in [0.05, 0.1) is 12.1 Å². The first kappa shape index (κ1) is 14.3. The second-order valence-electron chi connectivity index (χ2n) is 4.19. The number of hydrogen-bond donors (Lipinski definition) is 2. The molecule has 1 atom stereocenters. The molecule has 0 radical (unpaired) electrons. The maximum Gasteiger partial charge on any atom is 0.253 e. The summed E-state index contributed by atoms with van der Waals surface area (Å²) >= 11 is 0. The molecule has 1 amide bonds. The second-order valence-corrected chi connectivity index (χ2v) is 4.19. The standard InChI is InChI=1S/C13H19N3O2/c1-3-4-11(8-15-7-10(2)17)13(18)16-12-5-6-14-9-12/h3-4,8,12,14H,1,5-7,9H2,2H3,(H,16,18)/b11-4+,15-8?. The number of amides is 1. The van der Waals surface area contributed by atoms with Crippen LogP contribution < -0.4 is 10.6 Å². The molecule has 1 rings (SSSR count). The summed E-state index contributed by atoms with van der Waals surface area (Å²) in [7, 11) is 0. The van der Waals surface area contributed by atoms with Gasteiger partial charge in [-0.05, 0) is 26.0 Å². The van der Waals surface area contributed by atoms with Crippen molar-refractivity contribution in [3.8, 4) is 0 Å². The van der Waals surface area contributed by atoms with E-state index in [4.69, 9.17) is 0 Å². The molecule has 0 aromatic rings. The van der Waals surface area contributed by atoms with Crippen molar-refractivity contribution in [3.05, 3.63) is 24.3 Å². The van der Waals surface area contributed by atoms with Gasteiger partial charge in [0.15, 0.2) is 5.78 Å². The Balaban J connectivity index is 2.57. The Morgan fingerprint density at radius 2 is 2.33 bits per heavy atom. The molecule has 1 aliphatic rings. The first-order valence-corrected chi connectivity index (χ1v) is 5.97. The van der Waals surface area contributed by atoms with Crippen LogP contribution in [0.4, 0.5) is 0 Å². The summed E-state index contributed by atoms with van der Waals surface area (Å²) in [6.45, 7) is 6.82. The van der Waals surface area contributed by atoms with E-state index in [1.165, 1.54) is 19.2 Å². The molecule has 5 nitrogen and oxygen atoms in total. The lowest BCUT2D eigenvalue weighted by Crippen LogP contribution is -2.37. The van der Waals surface area contributed by atoms with Crippen LogP contribution in [0.3, 0.4) is 0 Å². The Morgan fingerprint density at radius 3 is 2.89 bits per heavy atom. The quantitative estimate of drug-likeness (QED) is 0.402. The Kier molecular flexibility index (Phi) is 6.00. The van der Waals surface area contributed by atoms with Crippen molar-refractivity contribution in [3.63, 3.8) is 0 Å².